The molecule has 0 aliphatic heterocycles. The normalized spacial score (nSPS) is 11.1. The maximum atomic E-state index is 11.6. The summed E-state index contributed by atoms with van der Waals surface area (Å²) in [6.45, 7) is 2.12. The van der Waals surface area contributed by atoms with Gasteiger partial charge in [0.1, 0.15) is 11.4 Å². The third-order valence-corrected chi connectivity index (χ3v) is 3.64. The maximum absolute atomic E-state index is 11.6. The molecule has 0 bridgehead atoms. The highest BCUT2D eigenvalue weighted by atomic mass is 32.2. The third-order valence-electron chi connectivity index (χ3n) is 2.28. The summed E-state index contributed by atoms with van der Waals surface area (Å²) in [4.78, 5) is 15.6. The van der Waals surface area contributed by atoms with Gasteiger partial charge in [0.15, 0.2) is 0 Å². The lowest BCUT2D eigenvalue weighted by Crippen LogP contribution is -2.26. The van der Waals surface area contributed by atoms with Crippen LogP contribution in [0.15, 0.2) is 18.3 Å². The zero-order valence-electron chi connectivity index (χ0n) is 10.8. The number of hydrogen-bond donors (Lipinski definition) is 2. The van der Waals surface area contributed by atoms with Gasteiger partial charge in [-0.2, -0.15) is 0 Å². The molecule has 0 aromatic carbocycles. The minimum absolute atomic E-state index is 0.109. The van der Waals surface area contributed by atoms with Crippen molar-refractivity contribution in [3.8, 4) is 0 Å². The molecule has 19 heavy (non-hydrogen) atoms. The second kappa shape index (κ2) is 7.05. The Morgan fingerprint density at radius 2 is 2.21 bits per heavy atom. The van der Waals surface area contributed by atoms with Gasteiger partial charge in [-0.25, -0.2) is 22.9 Å². The smallest absolute Gasteiger partial charge is 0.341 e. The highest BCUT2D eigenvalue weighted by Gasteiger charge is 2.13. The van der Waals surface area contributed by atoms with Crippen LogP contribution in [0.3, 0.4) is 0 Å². The summed E-state index contributed by atoms with van der Waals surface area (Å²) in [5, 5.41) is 2.81. The Balaban J connectivity index is 2.71. The number of sulfonamides is 1. The number of aromatic nitrogens is 1. The zero-order valence-corrected chi connectivity index (χ0v) is 11.7. The van der Waals surface area contributed by atoms with E-state index in [0.717, 1.165) is 0 Å². The lowest BCUT2D eigenvalue weighted by atomic mass is 10.2. The molecule has 0 atom stereocenters. The molecule has 0 aliphatic carbocycles. The fraction of sp³-hybridized carbons (Fsp3) is 0.455. The molecule has 1 aromatic heterocycles. The molecule has 1 aromatic rings. The molecule has 0 amide bonds. The Bertz CT molecular complexity index is 530. The molecule has 0 spiro atoms. The van der Waals surface area contributed by atoms with Gasteiger partial charge in [0.2, 0.25) is 10.0 Å². The van der Waals surface area contributed by atoms with Gasteiger partial charge in [-0.3, -0.25) is 0 Å². The lowest BCUT2D eigenvalue weighted by Gasteiger charge is -2.10. The Morgan fingerprint density at radius 1 is 1.47 bits per heavy atom. The molecule has 2 N–H and O–H groups in total. The number of carbonyl (C=O) groups is 1. The summed E-state index contributed by atoms with van der Waals surface area (Å²) in [6, 6.07) is 3.18. The van der Waals surface area contributed by atoms with E-state index in [1.807, 2.05) is 0 Å². The van der Waals surface area contributed by atoms with Gasteiger partial charge in [-0.15, -0.1) is 0 Å². The average molecular weight is 287 g/mol. The third kappa shape index (κ3) is 4.84. The van der Waals surface area contributed by atoms with Crippen molar-refractivity contribution in [2.45, 2.75) is 6.92 Å². The summed E-state index contributed by atoms with van der Waals surface area (Å²) in [5.74, 6) is -0.288. The maximum Gasteiger partial charge on any atom is 0.341 e. The predicted octanol–water partition coefficient (Wildman–Crippen LogP) is 0.219. The number of anilines is 1. The fourth-order valence-corrected chi connectivity index (χ4v) is 1.90. The molecular formula is C11H17N3O4S. The topological polar surface area (TPSA) is 97.4 Å². The molecule has 1 heterocycles. The molecule has 106 valence electrons. The first-order valence-corrected chi connectivity index (χ1v) is 7.42. The molecule has 7 nitrogen and oxygen atoms in total. The number of hydrogen-bond acceptors (Lipinski definition) is 6. The van der Waals surface area contributed by atoms with Crippen LogP contribution in [0.1, 0.15) is 17.3 Å². The Hall–Kier alpha value is -1.67. The first-order chi connectivity index (χ1) is 9.00. The van der Waals surface area contributed by atoms with E-state index in [0.29, 0.717) is 5.82 Å². The van der Waals surface area contributed by atoms with E-state index >= 15 is 0 Å². The van der Waals surface area contributed by atoms with Crippen LogP contribution in [0, 0.1) is 0 Å². The first kappa shape index (κ1) is 15.4. The van der Waals surface area contributed by atoms with Gasteiger partial charge in [0, 0.05) is 12.7 Å². The number of nitrogens with zero attached hydrogens (tertiary/aromatic N) is 1. The van der Waals surface area contributed by atoms with E-state index in [9.17, 15) is 13.2 Å². The number of rotatable bonds is 7. The second-order valence-corrected chi connectivity index (χ2v) is 5.62. The fourth-order valence-electron chi connectivity index (χ4n) is 1.33. The lowest BCUT2D eigenvalue weighted by molar-refractivity contribution is 0.0527. The summed E-state index contributed by atoms with van der Waals surface area (Å²) >= 11 is 0. The molecule has 0 aliphatic rings. The standard InChI is InChI=1S/C11H17N3O4S/c1-3-18-11(15)9-5-4-6-13-10(9)14-7-8-19(16,17)12-2/h4-6,12H,3,7-8H2,1-2H3,(H,13,14). The Labute approximate surface area is 112 Å². The number of esters is 1. The molecule has 0 saturated heterocycles. The minimum Gasteiger partial charge on any atom is -0.462 e. The van der Waals surface area contributed by atoms with Crippen molar-refractivity contribution in [2.24, 2.45) is 0 Å². The van der Waals surface area contributed by atoms with Crippen LogP contribution in [-0.2, 0) is 14.8 Å². The van der Waals surface area contributed by atoms with Crippen molar-refractivity contribution in [3.63, 3.8) is 0 Å². The van der Waals surface area contributed by atoms with Gasteiger partial charge in [-0.05, 0) is 26.1 Å². The molecule has 0 saturated carbocycles. The van der Waals surface area contributed by atoms with Crippen molar-refractivity contribution >= 4 is 21.8 Å². The summed E-state index contributed by atoms with van der Waals surface area (Å²) in [6.07, 6.45) is 1.51. The van der Waals surface area contributed by atoms with Crippen LogP contribution in [0.4, 0.5) is 5.82 Å². The first-order valence-electron chi connectivity index (χ1n) is 5.77. The zero-order chi connectivity index (χ0) is 14.3. The molecule has 1 rings (SSSR count). The van der Waals surface area contributed by atoms with Gasteiger partial charge in [-0.1, -0.05) is 0 Å². The van der Waals surface area contributed by atoms with Crippen LogP contribution in [-0.4, -0.2) is 45.3 Å². The van der Waals surface area contributed by atoms with Crippen LogP contribution in [0.25, 0.3) is 0 Å². The van der Waals surface area contributed by atoms with Crippen molar-refractivity contribution in [2.75, 3.05) is 31.3 Å². The van der Waals surface area contributed by atoms with Crippen LogP contribution < -0.4 is 10.0 Å². The van der Waals surface area contributed by atoms with Crippen molar-refractivity contribution in [1.29, 1.82) is 0 Å². The van der Waals surface area contributed by atoms with Gasteiger partial charge >= 0.3 is 5.97 Å². The molecular weight excluding hydrogens is 270 g/mol. The van der Waals surface area contributed by atoms with Crippen molar-refractivity contribution < 1.29 is 17.9 Å². The summed E-state index contributed by atoms with van der Waals surface area (Å²) in [5.41, 5.74) is 0.284. The number of ether oxygens (including phenoxy) is 1. The number of pyridine rings is 1. The Kier molecular flexibility index (Phi) is 5.71. The molecule has 8 heteroatoms. The van der Waals surface area contributed by atoms with Gasteiger partial charge < -0.3 is 10.1 Å². The predicted molar refractivity (Wildman–Crippen MR) is 71.5 cm³/mol. The monoisotopic (exact) mass is 287 g/mol. The van der Waals surface area contributed by atoms with Crippen molar-refractivity contribution in [1.82, 2.24) is 9.71 Å². The van der Waals surface area contributed by atoms with Crippen LogP contribution in [0.2, 0.25) is 0 Å². The van der Waals surface area contributed by atoms with E-state index in [1.165, 1.54) is 13.2 Å². The minimum atomic E-state index is -3.29. The van der Waals surface area contributed by atoms with E-state index < -0.39 is 16.0 Å². The largest absolute Gasteiger partial charge is 0.462 e. The van der Waals surface area contributed by atoms with Crippen LogP contribution in [0.5, 0.6) is 0 Å². The second-order valence-electron chi connectivity index (χ2n) is 3.57. The van der Waals surface area contributed by atoms with Crippen LogP contribution >= 0.6 is 0 Å². The average Bonchev–Trinajstić information content (AvgIpc) is 2.39. The molecule has 0 unspecified atom stereocenters. The van der Waals surface area contributed by atoms with E-state index in [4.69, 9.17) is 4.74 Å². The van der Waals surface area contributed by atoms with Gasteiger partial charge in [0.05, 0.1) is 12.4 Å². The highest BCUT2D eigenvalue weighted by Crippen LogP contribution is 2.12. The Morgan fingerprint density at radius 3 is 2.84 bits per heavy atom. The SMILES string of the molecule is CCOC(=O)c1cccnc1NCCS(=O)(=O)NC. The molecule has 0 radical (unpaired) electrons. The quantitative estimate of drug-likeness (QED) is 0.696. The van der Waals surface area contributed by atoms with Gasteiger partial charge in [0.25, 0.3) is 0 Å². The van der Waals surface area contributed by atoms with E-state index in [2.05, 4.69) is 15.0 Å². The van der Waals surface area contributed by atoms with Crippen molar-refractivity contribution in [3.05, 3.63) is 23.9 Å². The number of carbonyl (C=O) groups excluding carboxylic acids is 1. The molecule has 0 fully saturated rings. The summed E-state index contributed by atoms with van der Waals surface area (Å²) in [7, 11) is -1.94. The summed E-state index contributed by atoms with van der Waals surface area (Å²) < 4.78 is 29.6. The van der Waals surface area contributed by atoms with E-state index in [1.54, 1.807) is 19.1 Å². The van der Waals surface area contributed by atoms with E-state index in [-0.39, 0.29) is 24.5 Å². The highest BCUT2D eigenvalue weighted by molar-refractivity contribution is 7.89. The number of nitrogens with one attached hydrogen (secondary N) is 2.